The zero-order valence-electron chi connectivity index (χ0n) is 12.4. The molecule has 1 rings (SSSR count). The van der Waals surface area contributed by atoms with Crippen LogP contribution in [0.15, 0.2) is 30.3 Å². The fourth-order valence-corrected chi connectivity index (χ4v) is 1.64. The summed E-state index contributed by atoms with van der Waals surface area (Å²) < 4.78 is 14.8. The van der Waals surface area contributed by atoms with E-state index in [1.54, 1.807) is 6.92 Å². The molecule has 0 aliphatic heterocycles. The Morgan fingerprint density at radius 1 is 1.14 bits per heavy atom. The maximum atomic E-state index is 11.5. The lowest BCUT2D eigenvalue weighted by molar-refractivity contribution is -0.145. The SMILES string of the molecule is CCOC(=O)NC(=S)OCCCC(=O)OCc1ccccc1. The first-order valence-corrected chi connectivity index (χ1v) is 7.32. The van der Waals surface area contributed by atoms with E-state index in [0.717, 1.165) is 5.56 Å². The maximum absolute atomic E-state index is 11.5. The van der Waals surface area contributed by atoms with Crippen LogP contribution in [0.4, 0.5) is 4.79 Å². The third-order valence-corrected chi connectivity index (χ3v) is 2.70. The Kier molecular flexibility index (Phi) is 8.59. The van der Waals surface area contributed by atoms with E-state index >= 15 is 0 Å². The number of amides is 1. The first-order valence-electron chi connectivity index (χ1n) is 6.92. The van der Waals surface area contributed by atoms with Crippen molar-refractivity contribution in [3.8, 4) is 0 Å². The summed E-state index contributed by atoms with van der Waals surface area (Å²) in [5.41, 5.74) is 0.937. The third-order valence-electron chi connectivity index (χ3n) is 2.48. The fourth-order valence-electron chi connectivity index (χ4n) is 1.48. The molecule has 0 spiro atoms. The van der Waals surface area contributed by atoms with Gasteiger partial charge in [0.05, 0.1) is 13.2 Å². The van der Waals surface area contributed by atoms with Crippen LogP contribution in [-0.2, 0) is 25.6 Å². The number of rotatable bonds is 7. The zero-order chi connectivity index (χ0) is 16.2. The summed E-state index contributed by atoms with van der Waals surface area (Å²) in [6, 6.07) is 9.44. The molecule has 0 radical (unpaired) electrons. The minimum atomic E-state index is -0.658. The van der Waals surface area contributed by atoms with Crippen LogP contribution < -0.4 is 5.32 Å². The number of ether oxygens (including phenoxy) is 3. The molecule has 0 aliphatic rings. The molecule has 1 N–H and O–H groups in total. The van der Waals surface area contributed by atoms with Crippen LogP contribution in [0.25, 0.3) is 0 Å². The quantitative estimate of drug-likeness (QED) is 0.472. The van der Waals surface area contributed by atoms with Crippen molar-refractivity contribution in [1.82, 2.24) is 5.32 Å². The standard InChI is InChI=1S/C15H19NO5S/c1-2-19-14(18)16-15(22)20-10-6-9-13(17)21-11-12-7-4-3-5-8-12/h3-5,7-8H,2,6,9-11H2,1H3,(H,16,18,22). The third kappa shape index (κ3) is 8.21. The predicted molar refractivity (Wildman–Crippen MR) is 84.2 cm³/mol. The fraction of sp³-hybridized carbons (Fsp3) is 0.400. The van der Waals surface area contributed by atoms with E-state index < -0.39 is 6.09 Å². The molecule has 0 bridgehead atoms. The smallest absolute Gasteiger partial charge is 0.414 e. The monoisotopic (exact) mass is 325 g/mol. The Hall–Kier alpha value is -2.15. The summed E-state index contributed by atoms with van der Waals surface area (Å²) in [4.78, 5) is 22.6. The molecule has 1 aromatic carbocycles. The highest BCUT2D eigenvalue weighted by Crippen LogP contribution is 2.02. The van der Waals surface area contributed by atoms with Crippen molar-refractivity contribution in [3.05, 3.63) is 35.9 Å². The normalized spacial score (nSPS) is 9.68. The number of esters is 1. The van der Waals surface area contributed by atoms with Crippen LogP contribution >= 0.6 is 12.2 Å². The molecule has 6 nitrogen and oxygen atoms in total. The van der Waals surface area contributed by atoms with Gasteiger partial charge in [-0.25, -0.2) is 4.79 Å². The van der Waals surface area contributed by atoms with Crippen molar-refractivity contribution in [3.63, 3.8) is 0 Å². The van der Waals surface area contributed by atoms with Crippen molar-refractivity contribution in [1.29, 1.82) is 0 Å². The van der Waals surface area contributed by atoms with E-state index in [2.05, 4.69) is 10.1 Å². The highest BCUT2D eigenvalue weighted by molar-refractivity contribution is 7.80. The van der Waals surface area contributed by atoms with Crippen LogP contribution in [0.1, 0.15) is 25.3 Å². The maximum Gasteiger partial charge on any atom is 0.414 e. The summed E-state index contributed by atoms with van der Waals surface area (Å²) in [5.74, 6) is -0.309. The lowest BCUT2D eigenvalue weighted by atomic mass is 10.2. The average Bonchev–Trinajstić information content (AvgIpc) is 2.51. The van der Waals surface area contributed by atoms with Gasteiger partial charge in [-0.3, -0.25) is 10.1 Å². The van der Waals surface area contributed by atoms with E-state index in [-0.39, 0.29) is 37.4 Å². The molecule has 7 heteroatoms. The van der Waals surface area contributed by atoms with Crippen LogP contribution in [0, 0.1) is 0 Å². The first-order chi connectivity index (χ1) is 10.6. The molecule has 0 aromatic heterocycles. The Morgan fingerprint density at radius 3 is 2.55 bits per heavy atom. The molecule has 0 saturated heterocycles. The number of carbonyl (C=O) groups excluding carboxylic acids is 2. The second kappa shape index (κ2) is 10.6. The number of hydrogen-bond acceptors (Lipinski definition) is 6. The second-order valence-corrected chi connectivity index (χ2v) is 4.60. The minimum absolute atomic E-state index is 0.0731. The molecule has 1 aromatic rings. The Labute approximate surface area is 134 Å². The number of carbonyl (C=O) groups is 2. The number of thiocarbonyl (C=S) groups is 1. The molecule has 0 saturated carbocycles. The zero-order valence-corrected chi connectivity index (χ0v) is 13.2. The number of hydrogen-bond donors (Lipinski definition) is 1. The van der Waals surface area contributed by atoms with Gasteiger partial charge in [-0.15, -0.1) is 0 Å². The van der Waals surface area contributed by atoms with Gasteiger partial charge in [0.15, 0.2) is 0 Å². The highest BCUT2D eigenvalue weighted by atomic mass is 32.1. The van der Waals surface area contributed by atoms with Crippen LogP contribution in [0.2, 0.25) is 0 Å². The summed E-state index contributed by atoms with van der Waals surface area (Å²) >= 11 is 4.79. The predicted octanol–water partition coefficient (Wildman–Crippen LogP) is 2.56. The van der Waals surface area contributed by atoms with E-state index in [1.807, 2.05) is 30.3 Å². The van der Waals surface area contributed by atoms with Gasteiger partial charge in [-0.2, -0.15) is 0 Å². The van der Waals surface area contributed by atoms with Crippen LogP contribution in [0.3, 0.4) is 0 Å². The summed E-state index contributed by atoms with van der Waals surface area (Å²) in [6.45, 7) is 2.40. The van der Waals surface area contributed by atoms with E-state index in [9.17, 15) is 9.59 Å². The Bertz CT molecular complexity index is 492. The molecule has 0 atom stereocenters. The molecule has 0 heterocycles. The van der Waals surface area contributed by atoms with Crippen molar-refractivity contribution in [2.24, 2.45) is 0 Å². The van der Waals surface area contributed by atoms with Crippen LogP contribution in [-0.4, -0.2) is 30.5 Å². The van der Waals surface area contributed by atoms with E-state index in [1.165, 1.54) is 0 Å². The van der Waals surface area contributed by atoms with Gasteiger partial charge >= 0.3 is 12.1 Å². The van der Waals surface area contributed by atoms with Gasteiger partial charge in [0.1, 0.15) is 6.61 Å². The highest BCUT2D eigenvalue weighted by Gasteiger charge is 2.07. The molecular weight excluding hydrogens is 306 g/mol. The lowest BCUT2D eigenvalue weighted by Crippen LogP contribution is -2.31. The van der Waals surface area contributed by atoms with Crippen LogP contribution in [0.5, 0.6) is 0 Å². The van der Waals surface area contributed by atoms with Gasteiger partial charge in [0.2, 0.25) is 0 Å². The van der Waals surface area contributed by atoms with E-state index in [4.69, 9.17) is 21.7 Å². The molecule has 120 valence electrons. The second-order valence-electron chi connectivity index (χ2n) is 4.23. The Morgan fingerprint density at radius 2 is 1.86 bits per heavy atom. The lowest BCUT2D eigenvalue weighted by Gasteiger charge is -2.08. The molecule has 0 fully saturated rings. The van der Waals surface area contributed by atoms with Gasteiger partial charge in [0, 0.05) is 6.42 Å². The van der Waals surface area contributed by atoms with Gasteiger partial charge in [-0.05, 0) is 31.1 Å². The van der Waals surface area contributed by atoms with Crippen molar-refractivity contribution in [2.75, 3.05) is 13.2 Å². The molecular formula is C15H19NO5S. The first kappa shape index (κ1) is 17.9. The molecule has 1 amide bonds. The molecule has 22 heavy (non-hydrogen) atoms. The van der Waals surface area contributed by atoms with Gasteiger partial charge in [0.25, 0.3) is 5.17 Å². The van der Waals surface area contributed by atoms with Gasteiger partial charge in [-0.1, -0.05) is 30.3 Å². The molecule has 0 aliphatic carbocycles. The van der Waals surface area contributed by atoms with Crippen molar-refractivity contribution >= 4 is 29.5 Å². The van der Waals surface area contributed by atoms with Crippen molar-refractivity contribution in [2.45, 2.75) is 26.4 Å². The Balaban J connectivity index is 2.07. The number of alkyl carbamates (subject to hydrolysis) is 1. The minimum Gasteiger partial charge on any atom is -0.471 e. The van der Waals surface area contributed by atoms with E-state index in [0.29, 0.717) is 6.42 Å². The average molecular weight is 325 g/mol. The summed E-state index contributed by atoms with van der Waals surface area (Å²) in [5, 5.41) is 2.17. The van der Waals surface area contributed by atoms with Gasteiger partial charge < -0.3 is 14.2 Å². The summed E-state index contributed by atoms with van der Waals surface area (Å²) in [6.07, 6.45) is 0.00222. The topological polar surface area (TPSA) is 73.9 Å². The number of nitrogens with one attached hydrogen (secondary N) is 1. The summed E-state index contributed by atoms with van der Waals surface area (Å²) in [7, 11) is 0. The molecule has 0 unspecified atom stereocenters. The van der Waals surface area contributed by atoms with Crippen molar-refractivity contribution < 1.29 is 23.8 Å². The number of benzene rings is 1. The largest absolute Gasteiger partial charge is 0.471 e.